The topological polar surface area (TPSA) is 46.5 Å². The fourth-order valence-electron chi connectivity index (χ4n) is 3.18. The van der Waals surface area contributed by atoms with Gasteiger partial charge >= 0.3 is 5.97 Å². The highest BCUT2D eigenvalue weighted by Gasteiger charge is 2.43. The molecule has 3 atom stereocenters. The molecule has 3 unspecified atom stereocenters. The van der Waals surface area contributed by atoms with Gasteiger partial charge < -0.3 is 9.84 Å². The van der Waals surface area contributed by atoms with Crippen LogP contribution in [0, 0.1) is 11.8 Å². The predicted molar refractivity (Wildman–Crippen MR) is 93.2 cm³/mol. The number of rotatable bonds is 7. The van der Waals surface area contributed by atoms with Crippen molar-refractivity contribution in [3.8, 4) is 5.75 Å². The molecule has 1 aromatic rings. The number of aliphatic carboxylic acids is 1. The van der Waals surface area contributed by atoms with Crippen molar-refractivity contribution in [2.24, 2.45) is 11.8 Å². The third-order valence-electron chi connectivity index (χ3n) is 4.74. The number of hydrogen-bond donors (Lipinski definition) is 1. The highest BCUT2D eigenvalue weighted by Crippen LogP contribution is 2.45. The van der Waals surface area contributed by atoms with E-state index in [9.17, 15) is 4.79 Å². The average Bonchev–Trinajstić information content (AvgIpc) is 3.23. The van der Waals surface area contributed by atoms with Crippen LogP contribution in [-0.4, -0.2) is 17.7 Å². The average molecular weight is 318 g/mol. The molecular formula is C20H30O3. The van der Waals surface area contributed by atoms with E-state index in [0.717, 1.165) is 31.6 Å². The van der Waals surface area contributed by atoms with Crippen LogP contribution in [0.25, 0.3) is 0 Å². The van der Waals surface area contributed by atoms with Gasteiger partial charge in [0, 0.05) is 0 Å². The third-order valence-corrected chi connectivity index (χ3v) is 4.74. The molecule has 0 aromatic heterocycles. The van der Waals surface area contributed by atoms with Crippen LogP contribution in [0.2, 0.25) is 0 Å². The van der Waals surface area contributed by atoms with Gasteiger partial charge in [0.1, 0.15) is 5.75 Å². The summed E-state index contributed by atoms with van der Waals surface area (Å²) in [7, 11) is 0. The molecule has 128 valence electrons. The molecule has 3 heteroatoms. The van der Waals surface area contributed by atoms with E-state index in [4.69, 9.17) is 9.84 Å². The Morgan fingerprint density at radius 1 is 1.39 bits per heavy atom. The summed E-state index contributed by atoms with van der Waals surface area (Å²) in [6, 6.07) is 6.49. The van der Waals surface area contributed by atoms with Crippen LogP contribution in [-0.2, 0) is 10.2 Å². The van der Waals surface area contributed by atoms with Crippen LogP contribution < -0.4 is 4.74 Å². The summed E-state index contributed by atoms with van der Waals surface area (Å²) in [6.07, 6.45) is 2.79. The lowest BCUT2D eigenvalue weighted by atomic mass is 9.83. The van der Waals surface area contributed by atoms with Crippen molar-refractivity contribution in [2.75, 3.05) is 6.61 Å². The zero-order valence-electron chi connectivity index (χ0n) is 15.1. The molecule has 2 rings (SSSR count). The molecule has 0 spiro atoms. The van der Waals surface area contributed by atoms with E-state index in [-0.39, 0.29) is 11.3 Å². The quantitative estimate of drug-likeness (QED) is 0.770. The summed E-state index contributed by atoms with van der Waals surface area (Å²) in [5, 5.41) is 9.06. The molecule has 0 bridgehead atoms. The van der Waals surface area contributed by atoms with Gasteiger partial charge in [-0.15, -0.1) is 0 Å². The Bertz CT molecular complexity index is 556. The Labute approximate surface area is 140 Å². The van der Waals surface area contributed by atoms with Gasteiger partial charge in [0.25, 0.3) is 0 Å². The first kappa shape index (κ1) is 17.8. The fourth-order valence-corrected chi connectivity index (χ4v) is 3.18. The number of carboxylic acids is 1. The minimum atomic E-state index is -0.638. The molecule has 0 amide bonds. The predicted octanol–water partition coefficient (Wildman–Crippen LogP) is 4.99. The van der Waals surface area contributed by atoms with Crippen molar-refractivity contribution < 1.29 is 14.6 Å². The normalized spacial score (nSPS) is 21.8. The molecule has 23 heavy (non-hydrogen) atoms. The fraction of sp³-hybridized carbons (Fsp3) is 0.650. The molecule has 0 heterocycles. The van der Waals surface area contributed by atoms with Gasteiger partial charge in [-0.2, -0.15) is 0 Å². The number of benzene rings is 1. The van der Waals surface area contributed by atoms with Crippen LogP contribution in [0.5, 0.6) is 5.75 Å². The molecule has 1 aliphatic rings. The second-order valence-electron chi connectivity index (χ2n) is 7.93. The van der Waals surface area contributed by atoms with E-state index in [2.05, 4.69) is 52.8 Å². The second kappa shape index (κ2) is 6.94. The zero-order chi connectivity index (χ0) is 17.2. The van der Waals surface area contributed by atoms with Crippen molar-refractivity contribution >= 4 is 5.97 Å². The van der Waals surface area contributed by atoms with Crippen molar-refractivity contribution in [3.63, 3.8) is 0 Å². The van der Waals surface area contributed by atoms with Gasteiger partial charge in [-0.25, -0.2) is 0 Å². The van der Waals surface area contributed by atoms with Crippen molar-refractivity contribution in [1.29, 1.82) is 0 Å². The van der Waals surface area contributed by atoms with E-state index in [1.165, 1.54) is 11.1 Å². The van der Waals surface area contributed by atoms with Crippen molar-refractivity contribution in [1.82, 2.24) is 0 Å². The lowest BCUT2D eigenvalue weighted by Gasteiger charge is -2.25. The Kier molecular flexibility index (Phi) is 5.38. The van der Waals surface area contributed by atoms with E-state index in [1.54, 1.807) is 0 Å². The minimum absolute atomic E-state index is 0.0297. The lowest BCUT2D eigenvalue weighted by Crippen LogP contribution is -2.15. The maximum atomic E-state index is 11.0. The monoisotopic (exact) mass is 318 g/mol. The Morgan fingerprint density at radius 3 is 2.61 bits per heavy atom. The van der Waals surface area contributed by atoms with Gasteiger partial charge in [-0.3, -0.25) is 4.79 Å². The summed E-state index contributed by atoms with van der Waals surface area (Å²) in [5.41, 5.74) is 2.55. The summed E-state index contributed by atoms with van der Waals surface area (Å²) in [5.74, 6) is 0.944. The molecule has 1 fully saturated rings. The Morgan fingerprint density at radius 2 is 2.09 bits per heavy atom. The lowest BCUT2D eigenvalue weighted by molar-refractivity contribution is -0.138. The number of carbonyl (C=O) groups is 1. The maximum Gasteiger partial charge on any atom is 0.306 e. The van der Waals surface area contributed by atoms with Crippen LogP contribution in [0.3, 0.4) is 0 Å². The van der Waals surface area contributed by atoms with Gasteiger partial charge in [0.2, 0.25) is 0 Å². The zero-order valence-corrected chi connectivity index (χ0v) is 15.1. The first-order chi connectivity index (χ1) is 10.7. The Hall–Kier alpha value is -1.51. The van der Waals surface area contributed by atoms with Gasteiger partial charge in [-0.1, -0.05) is 46.8 Å². The molecule has 1 aromatic carbocycles. The molecule has 1 aliphatic carbocycles. The van der Waals surface area contributed by atoms with E-state index >= 15 is 0 Å². The number of hydrogen-bond acceptors (Lipinski definition) is 2. The third kappa shape index (κ3) is 4.49. The number of carboxylic acid groups (broad SMARTS) is 1. The largest absolute Gasteiger partial charge is 0.493 e. The smallest absolute Gasteiger partial charge is 0.306 e. The van der Waals surface area contributed by atoms with Crippen LogP contribution >= 0.6 is 0 Å². The SMILES string of the molecule is CCCOc1ccc(C(C)CC2CC2C(=O)O)cc1C(C)(C)C. The molecule has 1 saturated carbocycles. The summed E-state index contributed by atoms with van der Waals surface area (Å²) >= 11 is 0. The first-order valence-electron chi connectivity index (χ1n) is 8.74. The molecule has 0 saturated heterocycles. The summed E-state index contributed by atoms with van der Waals surface area (Å²) < 4.78 is 5.91. The second-order valence-corrected chi connectivity index (χ2v) is 7.93. The molecule has 1 N–H and O–H groups in total. The van der Waals surface area contributed by atoms with Crippen LogP contribution in [0.4, 0.5) is 0 Å². The first-order valence-corrected chi connectivity index (χ1v) is 8.74. The number of ether oxygens (including phenoxy) is 1. The van der Waals surface area contributed by atoms with Gasteiger partial charge in [0.15, 0.2) is 0 Å². The summed E-state index contributed by atoms with van der Waals surface area (Å²) in [6.45, 7) is 11.7. The molecule has 0 radical (unpaired) electrons. The molecule has 3 nitrogen and oxygen atoms in total. The van der Waals surface area contributed by atoms with Crippen LogP contribution in [0.15, 0.2) is 18.2 Å². The van der Waals surface area contributed by atoms with Gasteiger partial charge in [0.05, 0.1) is 12.5 Å². The molecule has 0 aliphatic heterocycles. The maximum absolute atomic E-state index is 11.0. The van der Waals surface area contributed by atoms with Gasteiger partial charge in [-0.05, 0) is 53.7 Å². The van der Waals surface area contributed by atoms with E-state index in [0.29, 0.717) is 11.8 Å². The highest BCUT2D eigenvalue weighted by molar-refractivity contribution is 5.73. The Balaban J connectivity index is 2.14. The minimum Gasteiger partial charge on any atom is -0.493 e. The van der Waals surface area contributed by atoms with E-state index < -0.39 is 5.97 Å². The van der Waals surface area contributed by atoms with E-state index in [1.807, 2.05) is 0 Å². The summed E-state index contributed by atoms with van der Waals surface area (Å²) in [4.78, 5) is 11.0. The van der Waals surface area contributed by atoms with Crippen LogP contribution in [0.1, 0.15) is 70.9 Å². The van der Waals surface area contributed by atoms with Crippen molar-refractivity contribution in [3.05, 3.63) is 29.3 Å². The standard InChI is InChI=1S/C20H30O3/c1-6-9-23-18-8-7-14(12-17(18)20(3,4)5)13(2)10-15-11-16(15)19(21)22/h7-8,12-13,15-16H,6,9-11H2,1-5H3,(H,21,22). The van der Waals surface area contributed by atoms with Crippen molar-refractivity contribution in [2.45, 2.75) is 65.2 Å². The molecular weight excluding hydrogens is 288 g/mol. The highest BCUT2D eigenvalue weighted by atomic mass is 16.5.